The van der Waals surface area contributed by atoms with Crippen molar-refractivity contribution in [3.05, 3.63) is 94.2 Å². The molecule has 1 aliphatic rings. The molecule has 0 bridgehead atoms. The first-order chi connectivity index (χ1) is 15.5. The lowest BCUT2D eigenvalue weighted by Gasteiger charge is -2.39. The third-order valence-electron chi connectivity index (χ3n) is 5.59. The second-order valence-corrected chi connectivity index (χ2v) is 7.55. The van der Waals surface area contributed by atoms with E-state index in [2.05, 4.69) is 15.1 Å². The number of anilines is 1. The van der Waals surface area contributed by atoms with E-state index in [1.807, 2.05) is 6.07 Å². The van der Waals surface area contributed by atoms with Gasteiger partial charge in [0.2, 0.25) is 0 Å². The monoisotopic (exact) mass is 438 g/mol. The predicted octanol–water partition coefficient (Wildman–Crippen LogP) is 3.62. The highest BCUT2D eigenvalue weighted by atomic mass is 19.1. The molecule has 166 valence electrons. The highest BCUT2D eigenvalue weighted by Crippen LogP contribution is 2.25. The summed E-state index contributed by atoms with van der Waals surface area (Å²) in [6.07, 6.45) is 1.60. The Hall–Kier alpha value is -3.72. The zero-order valence-corrected chi connectivity index (χ0v) is 17.3. The van der Waals surface area contributed by atoms with Crippen molar-refractivity contribution in [3.8, 4) is 0 Å². The van der Waals surface area contributed by atoms with Crippen LogP contribution in [0.25, 0.3) is 0 Å². The number of nitrogens with one attached hydrogen (secondary N) is 1. The first-order valence-electron chi connectivity index (χ1n) is 10.3. The van der Waals surface area contributed by atoms with E-state index < -0.39 is 4.92 Å². The van der Waals surface area contributed by atoms with Gasteiger partial charge in [-0.15, -0.1) is 0 Å². The third kappa shape index (κ3) is 4.94. The van der Waals surface area contributed by atoms with Gasteiger partial charge in [-0.2, -0.15) is 0 Å². The van der Waals surface area contributed by atoms with E-state index in [4.69, 9.17) is 4.42 Å². The average molecular weight is 438 g/mol. The summed E-state index contributed by atoms with van der Waals surface area (Å²) in [6, 6.07) is 15.6. The van der Waals surface area contributed by atoms with Crippen LogP contribution in [-0.4, -0.2) is 48.5 Å². The molecule has 8 nitrogen and oxygen atoms in total. The summed E-state index contributed by atoms with van der Waals surface area (Å²) in [5, 5.41) is 13.9. The first-order valence-corrected chi connectivity index (χ1v) is 10.3. The highest BCUT2D eigenvalue weighted by molar-refractivity contribution is 5.94. The third-order valence-corrected chi connectivity index (χ3v) is 5.59. The minimum Gasteiger partial charge on any atom is -0.468 e. The number of halogens is 1. The molecule has 1 atom stereocenters. The van der Waals surface area contributed by atoms with Crippen molar-refractivity contribution in [2.45, 2.75) is 6.04 Å². The van der Waals surface area contributed by atoms with Gasteiger partial charge in [0.1, 0.15) is 11.6 Å². The Kier molecular flexibility index (Phi) is 6.46. The summed E-state index contributed by atoms with van der Waals surface area (Å²) in [5.41, 5.74) is 1.08. The van der Waals surface area contributed by atoms with Crippen LogP contribution in [-0.2, 0) is 0 Å². The lowest BCUT2D eigenvalue weighted by Crippen LogP contribution is -2.49. The minimum absolute atomic E-state index is 0.128. The summed E-state index contributed by atoms with van der Waals surface area (Å²) in [5.74, 6) is 0.0968. The van der Waals surface area contributed by atoms with Gasteiger partial charge in [0, 0.05) is 56.1 Å². The second kappa shape index (κ2) is 9.61. The van der Waals surface area contributed by atoms with E-state index in [-0.39, 0.29) is 29.0 Å². The lowest BCUT2D eigenvalue weighted by atomic mass is 10.1. The van der Waals surface area contributed by atoms with E-state index in [1.165, 1.54) is 30.3 Å². The highest BCUT2D eigenvalue weighted by Gasteiger charge is 2.27. The van der Waals surface area contributed by atoms with Crippen LogP contribution >= 0.6 is 0 Å². The Bertz CT molecular complexity index is 1060. The number of hydrogen-bond acceptors (Lipinski definition) is 6. The van der Waals surface area contributed by atoms with Gasteiger partial charge in [0.05, 0.1) is 17.2 Å². The molecule has 0 radical (unpaired) electrons. The Morgan fingerprint density at radius 2 is 1.84 bits per heavy atom. The topological polar surface area (TPSA) is 91.9 Å². The second-order valence-electron chi connectivity index (χ2n) is 7.55. The van der Waals surface area contributed by atoms with Crippen molar-refractivity contribution < 1.29 is 18.5 Å². The van der Waals surface area contributed by atoms with Gasteiger partial charge in [0.15, 0.2) is 0 Å². The molecular weight excluding hydrogens is 415 g/mol. The van der Waals surface area contributed by atoms with Crippen LogP contribution in [0.5, 0.6) is 0 Å². The number of nitrogens with zero attached hydrogens (tertiary/aromatic N) is 3. The van der Waals surface area contributed by atoms with Crippen molar-refractivity contribution in [1.82, 2.24) is 10.2 Å². The van der Waals surface area contributed by atoms with Crippen molar-refractivity contribution >= 4 is 17.3 Å². The van der Waals surface area contributed by atoms with E-state index in [0.717, 1.165) is 37.6 Å². The van der Waals surface area contributed by atoms with E-state index in [1.54, 1.807) is 30.5 Å². The predicted molar refractivity (Wildman–Crippen MR) is 117 cm³/mol. The maximum Gasteiger partial charge on any atom is 0.270 e. The number of benzene rings is 2. The fraction of sp³-hybridized carbons (Fsp3) is 0.261. The molecular formula is C23H23FN4O4. The van der Waals surface area contributed by atoms with Crippen LogP contribution < -0.4 is 10.2 Å². The summed E-state index contributed by atoms with van der Waals surface area (Å²) >= 11 is 0. The molecule has 1 aliphatic heterocycles. The van der Waals surface area contributed by atoms with Crippen molar-refractivity contribution in [2.75, 3.05) is 37.6 Å². The van der Waals surface area contributed by atoms with Crippen LogP contribution in [0.15, 0.2) is 71.3 Å². The fourth-order valence-corrected chi connectivity index (χ4v) is 3.89. The molecule has 9 heteroatoms. The molecule has 2 heterocycles. The molecule has 0 unspecified atom stereocenters. The Labute approximate surface area is 184 Å². The molecule has 1 saturated heterocycles. The summed E-state index contributed by atoms with van der Waals surface area (Å²) in [4.78, 5) is 27.5. The van der Waals surface area contributed by atoms with E-state index in [0.29, 0.717) is 6.54 Å². The number of furan rings is 1. The smallest absolute Gasteiger partial charge is 0.270 e. The van der Waals surface area contributed by atoms with Crippen LogP contribution in [0.1, 0.15) is 22.2 Å². The van der Waals surface area contributed by atoms with Gasteiger partial charge >= 0.3 is 0 Å². The molecule has 4 rings (SSSR count). The van der Waals surface area contributed by atoms with Crippen molar-refractivity contribution in [2.24, 2.45) is 0 Å². The minimum atomic E-state index is -0.525. The van der Waals surface area contributed by atoms with E-state index >= 15 is 0 Å². The molecule has 0 aliphatic carbocycles. The van der Waals surface area contributed by atoms with E-state index in [9.17, 15) is 19.3 Å². The number of piperazine rings is 1. The fourth-order valence-electron chi connectivity index (χ4n) is 3.89. The van der Waals surface area contributed by atoms with Crippen molar-refractivity contribution in [3.63, 3.8) is 0 Å². The maximum atomic E-state index is 13.2. The normalized spacial score (nSPS) is 15.3. The number of rotatable bonds is 7. The SMILES string of the molecule is O=C(NC[C@@H](c1ccco1)N1CCN(c2ccc(F)cc2)CC1)c1cccc([N+](=O)[O-])c1. The summed E-state index contributed by atoms with van der Waals surface area (Å²) < 4.78 is 18.8. The molecule has 1 N–H and O–H groups in total. The van der Waals surface area contributed by atoms with Crippen LogP contribution in [0.3, 0.4) is 0 Å². The molecule has 1 amide bonds. The number of amides is 1. The van der Waals surface area contributed by atoms with Gasteiger partial charge in [-0.25, -0.2) is 4.39 Å². The number of carbonyl (C=O) groups is 1. The molecule has 3 aromatic rings. The van der Waals surface area contributed by atoms with Gasteiger partial charge in [-0.1, -0.05) is 6.07 Å². The molecule has 0 spiro atoms. The first kappa shape index (κ1) is 21.5. The number of nitro benzene ring substituents is 1. The standard InChI is InChI=1S/C23H23FN4O4/c24-18-6-8-19(9-7-18)26-10-12-27(13-11-26)21(22-5-2-14-32-22)16-25-23(29)17-3-1-4-20(15-17)28(30)31/h1-9,14-15,21H,10-13,16H2,(H,25,29)/t21-/m0/s1. The van der Waals surface area contributed by atoms with Gasteiger partial charge < -0.3 is 14.6 Å². The van der Waals surface area contributed by atoms with Gasteiger partial charge in [0.25, 0.3) is 11.6 Å². The molecule has 1 fully saturated rings. The zero-order chi connectivity index (χ0) is 22.5. The van der Waals surface area contributed by atoms with Gasteiger partial charge in [-0.05, 0) is 42.5 Å². The quantitative estimate of drug-likeness (QED) is 0.448. The van der Waals surface area contributed by atoms with Crippen LogP contribution in [0, 0.1) is 15.9 Å². The number of nitro groups is 1. The van der Waals surface area contributed by atoms with Crippen LogP contribution in [0.4, 0.5) is 15.8 Å². The summed E-state index contributed by atoms with van der Waals surface area (Å²) in [7, 11) is 0. The number of carbonyl (C=O) groups excluding carboxylic acids is 1. The van der Waals surface area contributed by atoms with Crippen molar-refractivity contribution in [1.29, 1.82) is 0 Å². The zero-order valence-electron chi connectivity index (χ0n) is 17.3. The number of non-ortho nitro benzene ring substituents is 1. The summed E-state index contributed by atoms with van der Waals surface area (Å²) in [6.45, 7) is 3.26. The van der Waals surface area contributed by atoms with Crippen LogP contribution in [0.2, 0.25) is 0 Å². The maximum absolute atomic E-state index is 13.2. The molecule has 1 aromatic heterocycles. The average Bonchev–Trinajstić information content (AvgIpc) is 3.35. The Morgan fingerprint density at radius 1 is 1.09 bits per heavy atom. The largest absolute Gasteiger partial charge is 0.468 e. The lowest BCUT2D eigenvalue weighted by molar-refractivity contribution is -0.384. The Morgan fingerprint density at radius 3 is 2.50 bits per heavy atom. The number of hydrogen-bond donors (Lipinski definition) is 1. The molecule has 32 heavy (non-hydrogen) atoms. The molecule has 0 saturated carbocycles. The Balaban J connectivity index is 1.41. The van der Waals surface area contributed by atoms with Gasteiger partial charge in [-0.3, -0.25) is 19.8 Å². The molecule has 2 aromatic carbocycles.